The molecule has 0 aliphatic carbocycles. The molecule has 3 rings (SSSR count). The van der Waals surface area contributed by atoms with E-state index in [0.717, 1.165) is 10.9 Å². The van der Waals surface area contributed by atoms with Crippen molar-refractivity contribution in [2.24, 2.45) is 0 Å². The molecule has 1 amide bonds. The minimum Gasteiger partial charge on any atom is -0.449 e. The van der Waals surface area contributed by atoms with Crippen LogP contribution >= 0.6 is 11.6 Å². The summed E-state index contributed by atoms with van der Waals surface area (Å²) in [6.07, 6.45) is 0. The number of rotatable bonds is 2. The molecule has 0 unspecified atom stereocenters. The van der Waals surface area contributed by atoms with Gasteiger partial charge in [-0.2, -0.15) is 0 Å². The lowest BCUT2D eigenvalue weighted by Crippen LogP contribution is -2.13. The number of carbonyl (C=O) groups is 1. The van der Waals surface area contributed by atoms with Crippen LogP contribution < -0.4 is 5.32 Å². The largest absolute Gasteiger partial charge is 0.449 e. The molecule has 22 heavy (non-hydrogen) atoms. The molecule has 5 heteroatoms. The Morgan fingerprint density at radius 2 is 2.00 bits per heavy atom. The van der Waals surface area contributed by atoms with Crippen molar-refractivity contribution in [3.05, 3.63) is 64.1 Å². The fraction of sp³-hybridized carbons (Fsp3) is 0.118. The van der Waals surface area contributed by atoms with Gasteiger partial charge in [0.2, 0.25) is 0 Å². The number of halogens is 2. The van der Waals surface area contributed by atoms with Crippen molar-refractivity contribution < 1.29 is 13.6 Å². The van der Waals surface area contributed by atoms with Crippen molar-refractivity contribution in [2.45, 2.75) is 13.8 Å². The molecule has 0 bridgehead atoms. The first kappa shape index (κ1) is 14.6. The normalized spacial score (nSPS) is 10.9. The molecule has 112 valence electrons. The van der Waals surface area contributed by atoms with E-state index in [2.05, 4.69) is 5.32 Å². The van der Waals surface area contributed by atoms with Crippen LogP contribution in [-0.2, 0) is 0 Å². The number of carbonyl (C=O) groups excluding carboxylic acids is 1. The van der Waals surface area contributed by atoms with E-state index in [9.17, 15) is 9.18 Å². The lowest BCUT2D eigenvalue weighted by molar-refractivity contribution is 0.0997. The smallest absolute Gasteiger partial charge is 0.291 e. The first-order valence-corrected chi connectivity index (χ1v) is 7.10. The molecule has 1 N–H and O–H groups in total. The first-order valence-electron chi connectivity index (χ1n) is 6.72. The SMILES string of the molecule is Cc1ccc(NC(=O)c2oc3c(Cl)cccc3c2C)c(F)c1. The number of hydrogen-bond donors (Lipinski definition) is 1. The third kappa shape index (κ3) is 2.46. The molecule has 1 aromatic heterocycles. The Bertz CT molecular complexity index is 886. The van der Waals surface area contributed by atoms with Crippen LogP contribution in [0.15, 0.2) is 40.8 Å². The molecule has 0 fully saturated rings. The molecule has 1 heterocycles. The van der Waals surface area contributed by atoms with Gasteiger partial charge in [0.1, 0.15) is 5.82 Å². The Hall–Kier alpha value is -2.33. The topological polar surface area (TPSA) is 42.2 Å². The third-order valence-corrected chi connectivity index (χ3v) is 3.79. The van der Waals surface area contributed by atoms with E-state index in [0.29, 0.717) is 16.2 Å². The molecule has 3 aromatic rings. The third-order valence-electron chi connectivity index (χ3n) is 3.49. The molecule has 0 atom stereocenters. The van der Waals surface area contributed by atoms with Crippen LogP contribution in [0.1, 0.15) is 21.7 Å². The average molecular weight is 318 g/mol. The monoisotopic (exact) mass is 317 g/mol. The molecular weight excluding hydrogens is 305 g/mol. The summed E-state index contributed by atoms with van der Waals surface area (Å²) in [4.78, 5) is 12.3. The van der Waals surface area contributed by atoms with Gasteiger partial charge in [-0.3, -0.25) is 4.79 Å². The summed E-state index contributed by atoms with van der Waals surface area (Å²) in [5, 5.41) is 3.72. The highest BCUT2D eigenvalue weighted by Crippen LogP contribution is 2.31. The summed E-state index contributed by atoms with van der Waals surface area (Å²) in [6, 6.07) is 9.90. The van der Waals surface area contributed by atoms with Gasteiger partial charge >= 0.3 is 0 Å². The van der Waals surface area contributed by atoms with E-state index < -0.39 is 11.7 Å². The lowest BCUT2D eigenvalue weighted by Gasteiger charge is -2.05. The van der Waals surface area contributed by atoms with Crippen LogP contribution in [0.4, 0.5) is 10.1 Å². The lowest BCUT2D eigenvalue weighted by atomic mass is 10.1. The van der Waals surface area contributed by atoms with Gasteiger partial charge in [-0.1, -0.05) is 29.8 Å². The molecule has 0 aliphatic rings. The number of furan rings is 1. The number of amides is 1. The van der Waals surface area contributed by atoms with Gasteiger partial charge in [-0.25, -0.2) is 4.39 Å². The number of anilines is 1. The predicted octanol–water partition coefficient (Wildman–Crippen LogP) is 5.09. The second-order valence-electron chi connectivity index (χ2n) is 5.11. The van der Waals surface area contributed by atoms with Gasteiger partial charge in [0.25, 0.3) is 5.91 Å². The van der Waals surface area contributed by atoms with Gasteiger partial charge in [-0.15, -0.1) is 0 Å². The minimum atomic E-state index is -0.507. The number of para-hydroxylation sites is 1. The van der Waals surface area contributed by atoms with Crippen molar-refractivity contribution in [2.75, 3.05) is 5.32 Å². The van der Waals surface area contributed by atoms with Gasteiger partial charge in [0.15, 0.2) is 11.3 Å². The maximum atomic E-state index is 13.8. The van der Waals surface area contributed by atoms with Gasteiger partial charge in [0.05, 0.1) is 10.7 Å². The maximum Gasteiger partial charge on any atom is 0.291 e. The summed E-state index contributed by atoms with van der Waals surface area (Å²) in [7, 11) is 0. The van der Waals surface area contributed by atoms with Crippen LogP contribution in [0.5, 0.6) is 0 Å². The van der Waals surface area contributed by atoms with E-state index in [1.54, 1.807) is 32.0 Å². The number of nitrogens with one attached hydrogen (secondary N) is 1. The molecule has 0 radical (unpaired) electrons. The number of hydrogen-bond acceptors (Lipinski definition) is 2. The highest BCUT2D eigenvalue weighted by molar-refractivity contribution is 6.35. The van der Waals surface area contributed by atoms with Crippen molar-refractivity contribution in [1.29, 1.82) is 0 Å². The Labute approximate surface area is 131 Å². The Morgan fingerprint density at radius 3 is 2.68 bits per heavy atom. The summed E-state index contributed by atoms with van der Waals surface area (Å²) in [5.41, 5.74) is 2.02. The molecule has 0 spiro atoms. The summed E-state index contributed by atoms with van der Waals surface area (Å²) in [5.74, 6) is -0.865. The van der Waals surface area contributed by atoms with Crippen LogP contribution in [0, 0.1) is 19.7 Å². The summed E-state index contributed by atoms with van der Waals surface area (Å²) < 4.78 is 19.4. The average Bonchev–Trinajstić information content (AvgIpc) is 2.81. The Morgan fingerprint density at radius 1 is 1.23 bits per heavy atom. The number of fused-ring (bicyclic) bond motifs is 1. The van der Waals surface area contributed by atoms with Crippen molar-refractivity contribution in [1.82, 2.24) is 0 Å². The summed E-state index contributed by atoms with van der Waals surface area (Å²) in [6.45, 7) is 3.54. The van der Waals surface area contributed by atoms with Crippen LogP contribution in [0.2, 0.25) is 5.02 Å². The Balaban J connectivity index is 1.99. The molecule has 0 aliphatic heterocycles. The molecular formula is C17H13ClFNO2. The van der Waals surface area contributed by atoms with Crippen LogP contribution in [-0.4, -0.2) is 5.91 Å². The van der Waals surface area contributed by atoms with E-state index in [4.69, 9.17) is 16.0 Å². The van der Waals surface area contributed by atoms with E-state index >= 15 is 0 Å². The highest BCUT2D eigenvalue weighted by atomic mass is 35.5. The van der Waals surface area contributed by atoms with E-state index in [1.165, 1.54) is 12.1 Å². The van der Waals surface area contributed by atoms with Crippen molar-refractivity contribution >= 4 is 34.2 Å². The van der Waals surface area contributed by atoms with Gasteiger partial charge in [0, 0.05) is 10.9 Å². The van der Waals surface area contributed by atoms with E-state index in [-0.39, 0.29) is 11.4 Å². The second kappa shape index (κ2) is 5.46. The zero-order chi connectivity index (χ0) is 15.9. The second-order valence-corrected chi connectivity index (χ2v) is 5.52. The maximum absolute atomic E-state index is 13.8. The fourth-order valence-corrected chi connectivity index (χ4v) is 2.54. The summed E-state index contributed by atoms with van der Waals surface area (Å²) >= 11 is 6.06. The predicted molar refractivity (Wildman–Crippen MR) is 85.1 cm³/mol. The number of benzene rings is 2. The first-order chi connectivity index (χ1) is 10.5. The zero-order valence-corrected chi connectivity index (χ0v) is 12.8. The standard InChI is InChI=1S/C17H13ClFNO2/c1-9-6-7-14(13(19)8-9)20-17(21)15-10(2)11-4-3-5-12(18)16(11)22-15/h3-8H,1-2H3,(H,20,21). The molecule has 0 saturated heterocycles. The highest BCUT2D eigenvalue weighted by Gasteiger charge is 2.20. The minimum absolute atomic E-state index is 0.113. The Kier molecular flexibility index (Phi) is 3.62. The van der Waals surface area contributed by atoms with Crippen molar-refractivity contribution in [3.8, 4) is 0 Å². The molecule has 0 saturated carbocycles. The zero-order valence-electron chi connectivity index (χ0n) is 12.0. The van der Waals surface area contributed by atoms with Gasteiger partial charge in [-0.05, 0) is 37.6 Å². The fourth-order valence-electron chi connectivity index (χ4n) is 2.33. The van der Waals surface area contributed by atoms with Gasteiger partial charge < -0.3 is 9.73 Å². The van der Waals surface area contributed by atoms with Crippen LogP contribution in [0.25, 0.3) is 11.0 Å². The van der Waals surface area contributed by atoms with Crippen molar-refractivity contribution in [3.63, 3.8) is 0 Å². The number of aryl methyl sites for hydroxylation is 2. The molecule has 2 aromatic carbocycles. The van der Waals surface area contributed by atoms with Crippen LogP contribution in [0.3, 0.4) is 0 Å². The molecule has 3 nitrogen and oxygen atoms in total. The van der Waals surface area contributed by atoms with E-state index in [1.807, 2.05) is 6.07 Å². The quantitative estimate of drug-likeness (QED) is 0.715.